The molecule has 5 nitrogen and oxygen atoms in total. The number of piperidine rings is 1. The van der Waals surface area contributed by atoms with E-state index in [1.165, 1.54) is 12.8 Å². The van der Waals surface area contributed by atoms with Gasteiger partial charge in [0.05, 0.1) is 6.54 Å². The summed E-state index contributed by atoms with van der Waals surface area (Å²) in [5.41, 5.74) is 1.73. The van der Waals surface area contributed by atoms with Crippen LogP contribution in [0.1, 0.15) is 42.6 Å². The zero-order valence-corrected chi connectivity index (χ0v) is 14.4. The number of likely N-dealkylation sites (tertiary alicyclic amines) is 1. The highest BCUT2D eigenvalue weighted by molar-refractivity contribution is 5.94. The van der Waals surface area contributed by atoms with E-state index < -0.39 is 0 Å². The maximum absolute atomic E-state index is 11.7. The fourth-order valence-electron chi connectivity index (χ4n) is 2.77. The number of carbonyl (C=O) groups excluding carboxylic acids is 1. The van der Waals surface area contributed by atoms with Crippen molar-refractivity contribution < 1.29 is 4.79 Å². The summed E-state index contributed by atoms with van der Waals surface area (Å²) in [7, 11) is 1.65. The number of hydrogen-bond acceptors (Lipinski definition) is 2. The minimum Gasteiger partial charge on any atom is -0.357 e. The van der Waals surface area contributed by atoms with Crippen molar-refractivity contribution in [1.29, 1.82) is 0 Å². The van der Waals surface area contributed by atoms with Crippen LogP contribution in [0.25, 0.3) is 0 Å². The normalized spacial score (nSPS) is 16.3. The molecule has 0 aliphatic carbocycles. The SMILES string of the molecule is CCNC(=NCc1cccc(C(=O)NC)c1)N1CCC(C)CC1. The molecule has 23 heavy (non-hydrogen) atoms. The molecule has 1 heterocycles. The lowest BCUT2D eigenvalue weighted by Crippen LogP contribution is -2.45. The summed E-state index contributed by atoms with van der Waals surface area (Å²) in [6.45, 7) is 7.97. The fraction of sp³-hybridized carbons (Fsp3) is 0.556. The lowest BCUT2D eigenvalue weighted by atomic mass is 10.00. The molecule has 0 bridgehead atoms. The standard InChI is InChI=1S/C18H28N4O/c1-4-20-18(22-10-8-14(2)9-11-22)21-13-15-6-5-7-16(12-15)17(23)19-3/h5-7,12,14H,4,8-11,13H2,1-3H3,(H,19,23)(H,20,21). The molecule has 5 heteroatoms. The highest BCUT2D eigenvalue weighted by Gasteiger charge is 2.18. The summed E-state index contributed by atoms with van der Waals surface area (Å²) in [5, 5.41) is 6.04. The zero-order chi connectivity index (χ0) is 16.7. The average molecular weight is 316 g/mol. The van der Waals surface area contributed by atoms with Crippen LogP contribution in [0.3, 0.4) is 0 Å². The zero-order valence-electron chi connectivity index (χ0n) is 14.4. The fourth-order valence-corrected chi connectivity index (χ4v) is 2.77. The minimum absolute atomic E-state index is 0.0623. The Bertz CT molecular complexity index is 548. The van der Waals surface area contributed by atoms with Gasteiger partial charge < -0.3 is 15.5 Å². The second-order valence-electron chi connectivity index (χ2n) is 6.12. The van der Waals surface area contributed by atoms with E-state index in [-0.39, 0.29) is 5.91 Å². The largest absolute Gasteiger partial charge is 0.357 e. The van der Waals surface area contributed by atoms with Gasteiger partial charge in [-0.3, -0.25) is 4.79 Å². The van der Waals surface area contributed by atoms with Crippen molar-refractivity contribution in [1.82, 2.24) is 15.5 Å². The van der Waals surface area contributed by atoms with Gasteiger partial charge in [0.2, 0.25) is 0 Å². The molecule has 1 aliphatic heterocycles. The topological polar surface area (TPSA) is 56.7 Å². The number of nitrogens with zero attached hydrogens (tertiary/aromatic N) is 2. The van der Waals surface area contributed by atoms with Gasteiger partial charge in [-0.05, 0) is 43.4 Å². The number of guanidine groups is 1. The van der Waals surface area contributed by atoms with Crippen molar-refractivity contribution in [2.45, 2.75) is 33.2 Å². The third-order valence-electron chi connectivity index (χ3n) is 4.25. The van der Waals surface area contributed by atoms with E-state index in [1.807, 2.05) is 24.3 Å². The van der Waals surface area contributed by atoms with E-state index in [9.17, 15) is 4.79 Å². The molecule has 0 unspecified atom stereocenters. The van der Waals surface area contributed by atoms with E-state index in [1.54, 1.807) is 7.05 Å². The molecule has 2 rings (SSSR count). The molecular weight excluding hydrogens is 288 g/mol. The molecule has 2 N–H and O–H groups in total. The number of carbonyl (C=O) groups is 1. The monoisotopic (exact) mass is 316 g/mol. The number of nitrogens with one attached hydrogen (secondary N) is 2. The van der Waals surface area contributed by atoms with Crippen LogP contribution in [-0.4, -0.2) is 43.4 Å². The third kappa shape index (κ3) is 4.98. The summed E-state index contributed by atoms with van der Waals surface area (Å²) < 4.78 is 0. The van der Waals surface area contributed by atoms with Crippen molar-refractivity contribution in [3.63, 3.8) is 0 Å². The molecule has 1 aromatic rings. The van der Waals surface area contributed by atoms with E-state index in [4.69, 9.17) is 4.99 Å². The van der Waals surface area contributed by atoms with Crippen LogP contribution in [0.5, 0.6) is 0 Å². The highest BCUT2D eigenvalue weighted by atomic mass is 16.1. The molecule has 0 radical (unpaired) electrons. The molecular formula is C18H28N4O. The number of rotatable bonds is 4. The van der Waals surface area contributed by atoms with Crippen molar-refractivity contribution in [2.75, 3.05) is 26.7 Å². The van der Waals surface area contributed by atoms with Gasteiger partial charge in [0.25, 0.3) is 5.91 Å². The van der Waals surface area contributed by atoms with Gasteiger partial charge >= 0.3 is 0 Å². The van der Waals surface area contributed by atoms with Gasteiger partial charge in [0.15, 0.2) is 5.96 Å². The number of hydrogen-bond donors (Lipinski definition) is 2. The summed E-state index contributed by atoms with van der Waals surface area (Å²) >= 11 is 0. The Balaban J connectivity index is 2.06. The molecule has 126 valence electrons. The summed E-state index contributed by atoms with van der Waals surface area (Å²) in [5.74, 6) is 1.72. The van der Waals surface area contributed by atoms with Crippen LogP contribution in [0.4, 0.5) is 0 Å². The summed E-state index contributed by atoms with van der Waals surface area (Å²) in [6.07, 6.45) is 2.44. The van der Waals surface area contributed by atoms with Gasteiger partial charge in [0, 0.05) is 32.2 Å². The molecule has 0 spiro atoms. The average Bonchev–Trinajstić information content (AvgIpc) is 2.59. The first-order valence-electron chi connectivity index (χ1n) is 8.48. The lowest BCUT2D eigenvalue weighted by Gasteiger charge is -2.33. The predicted octanol–water partition coefficient (Wildman–Crippen LogP) is 2.24. The van der Waals surface area contributed by atoms with Crippen molar-refractivity contribution in [2.24, 2.45) is 10.9 Å². The highest BCUT2D eigenvalue weighted by Crippen LogP contribution is 2.16. The van der Waals surface area contributed by atoms with Gasteiger partial charge in [-0.15, -0.1) is 0 Å². The van der Waals surface area contributed by atoms with Crippen molar-refractivity contribution in [3.05, 3.63) is 35.4 Å². The maximum Gasteiger partial charge on any atom is 0.251 e. The quantitative estimate of drug-likeness (QED) is 0.662. The van der Waals surface area contributed by atoms with Crippen LogP contribution >= 0.6 is 0 Å². The third-order valence-corrected chi connectivity index (χ3v) is 4.25. The van der Waals surface area contributed by atoms with Crippen molar-refractivity contribution >= 4 is 11.9 Å². The van der Waals surface area contributed by atoms with E-state index in [2.05, 4.69) is 29.4 Å². The van der Waals surface area contributed by atoms with Gasteiger partial charge in [-0.25, -0.2) is 4.99 Å². The second kappa shape index (κ2) is 8.56. The van der Waals surface area contributed by atoms with Gasteiger partial charge in [-0.1, -0.05) is 19.1 Å². The minimum atomic E-state index is -0.0623. The van der Waals surface area contributed by atoms with Crippen molar-refractivity contribution in [3.8, 4) is 0 Å². The first kappa shape index (κ1) is 17.3. The molecule has 1 saturated heterocycles. The molecule has 1 aliphatic rings. The second-order valence-corrected chi connectivity index (χ2v) is 6.12. The lowest BCUT2D eigenvalue weighted by molar-refractivity contribution is 0.0963. The molecule has 1 aromatic carbocycles. The Morgan fingerprint density at radius 3 is 2.74 bits per heavy atom. The van der Waals surface area contributed by atoms with E-state index in [0.29, 0.717) is 12.1 Å². The van der Waals surface area contributed by atoms with Crippen LogP contribution < -0.4 is 10.6 Å². The molecule has 1 amide bonds. The number of aliphatic imine (C=N–C) groups is 1. The molecule has 0 saturated carbocycles. The van der Waals surface area contributed by atoms with Gasteiger partial charge in [0.1, 0.15) is 0 Å². The molecule has 0 aromatic heterocycles. The van der Waals surface area contributed by atoms with Crippen LogP contribution in [0.15, 0.2) is 29.3 Å². The smallest absolute Gasteiger partial charge is 0.251 e. The first-order chi connectivity index (χ1) is 11.1. The molecule has 1 fully saturated rings. The molecule has 0 atom stereocenters. The maximum atomic E-state index is 11.7. The predicted molar refractivity (Wildman–Crippen MR) is 94.6 cm³/mol. The summed E-state index contributed by atoms with van der Waals surface area (Å²) in [6, 6.07) is 7.65. The Hall–Kier alpha value is -2.04. The number of benzene rings is 1. The Morgan fingerprint density at radius 2 is 2.09 bits per heavy atom. The van der Waals surface area contributed by atoms with E-state index in [0.717, 1.165) is 37.1 Å². The van der Waals surface area contributed by atoms with E-state index >= 15 is 0 Å². The van der Waals surface area contributed by atoms with Crippen LogP contribution in [-0.2, 0) is 6.54 Å². The Kier molecular flexibility index (Phi) is 6.44. The summed E-state index contributed by atoms with van der Waals surface area (Å²) in [4.78, 5) is 18.8. The Labute approximate surface area is 139 Å². The number of amides is 1. The Morgan fingerprint density at radius 1 is 1.35 bits per heavy atom. The van der Waals surface area contributed by atoms with Crippen LogP contribution in [0.2, 0.25) is 0 Å². The van der Waals surface area contributed by atoms with Gasteiger partial charge in [-0.2, -0.15) is 0 Å². The first-order valence-corrected chi connectivity index (χ1v) is 8.48. The van der Waals surface area contributed by atoms with Crippen LogP contribution in [0, 0.1) is 5.92 Å².